The largest absolute Gasteiger partial charge is 0.480 e. The minimum absolute atomic E-state index is 0.162. The number of nitriles is 1. The lowest BCUT2D eigenvalue weighted by atomic mass is 10.1. The molecule has 1 aromatic heterocycles. The van der Waals surface area contributed by atoms with Crippen molar-refractivity contribution in [1.82, 2.24) is 14.8 Å². The Kier molecular flexibility index (Phi) is 6.29. The first-order valence-electron chi connectivity index (χ1n) is 9.70. The van der Waals surface area contributed by atoms with Gasteiger partial charge in [-0.2, -0.15) is 5.26 Å². The number of ether oxygens (including phenoxy) is 1. The summed E-state index contributed by atoms with van der Waals surface area (Å²) in [5.41, 5.74) is 2.44. The van der Waals surface area contributed by atoms with Crippen LogP contribution in [0.2, 0.25) is 0 Å². The summed E-state index contributed by atoms with van der Waals surface area (Å²) in [6.07, 6.45) is -0.537. The third kappa shape index (κ3) is 4.60. The molecule has 0 amide bonds. The number of aromatic nitrogens is 3. The number of nitrogens with zero attached hydrogens (tertiary/aromatic N) is 4. The van der Waals surface area contributed by atoms with Crippen molar-refractivity contribution in [1.29, 1.82) is 5.26 Å². The fourth-order valence-corrected chi connectivity index (χ4v) is 4.10. The lowest BCUT2D eigenvalue weighted by Crippen LogP contribution is -2.12. The number of halogens is 1. The Labute approximate surface area is 184 Å². The van der Waals surface area contributed by atoms with E-state index in [4.69, 9.17) is 4.74 Å². The van der Waals surface area contributed by atoms with Crippen molar-refractivity contribution in [3.05, 3.63) is 102 Å². The summed E-state index contributed by atoms with van der Waals surface area (Å²) in [6, 6.07) is 25.7. The molecule has 7 heteroatoms. The van der Waals surface area contributed by atoms with E-state index in [9.17, 15) is 9.65 Å². The molecule has 0 saturated heterocycles. The van der Waals surface area contributed by atoms with Crippen LogP contribution in [0, 0.1) is 17.1 Å². The molecule has 0 radical (unpaired) electrons. The van der Waals surface area contributed by atoms with Gasteiger partial charge in [0.05, 0.1) is 11.6 Å². The zero-order chi connectivity index (χ0) is 21.6. The molecule has 0 spiro atoms. The van der Waals surface area contributed by atoms with Crippen LogP contribution >= 0.6 is 11.8 Å². The van der Waals surface area contributed by atoms with Crippen molar-refractivity contribution in [2.24, 2.45) is 0 Å². The molecule has 0 fully saturated rings. The highest BCUT2D eigenvalue weighted by atomic mass is 32.2. The zero-order valence-electron chi connectivity index (χ0n) is 16.8. The highest BCUT2D eigenvalue weighted by Crippen LogP contribution is 2.30. The van der Waals surface area contributed by atoms with Gasteiger partial charge >= 0.3 is 0 Å². The van der Waals surface area contributed by atoms with Crippen molar-refractivity contribution >= 4 is 11.8 Å². The van der Waals surface area contributed by atoms with Crippen LogP contribution in [0.15, 0.2) is 84.0 Å². The summed E-state index contributed by atoms with van der Waals surface area (Å²) in [5.74, 6) is 0.861. The second-order valence-corrected chi connectivity index (χ2v) is 7.70. The molecule has 5 nitrogen and oxygen atoms in total. The molecule has 0 saturated carbocycles. The molecule has 0 bridgehead atoms. The summed E-state index contributed by atoms with van der Waals surface area (Å²) in [7, 11) is 0. The maximum absolute atomic E-state index is 14.1. The van der Waals surface area contributed by atoms with Crippen LogP contribution < -0.4 is 4.74 Å². The molecule has 4 rings (SSSR count). The molecule has 0 N–H and O–H groups in total. The number of thioether (sulfide) groups is 1. The number of hydrogen-bond acceptors (Lipinski definition) is 5. The molecule has 0 aliphatic rings. The van der Waals surface area contributed by atoms with E-state index >= 15 is 0 Å². The zero-order valence-corrected chi connectivity index (χ0v) is 17.6. The van der Waals surface area contributed by atoms with Crippen LogP contribution in [-0.2, 0) is 5.75 Å². The SMILES string of the molecule is CC(Oc1ccccc1F)c1nnc(SCc2ccccc2C#N)n1-c1ccccc1. The smallest absolute Gasteiger partial charge is 0.196 e. The highest BCUT2D eigenvalue weighted by molar-refractivity contribution is 7.98. The van der Waals surface area contributed by atoms with E-state index < -0.39 is 11.9 Å². The number of benzene rings is 3. The van der Waals surface area contributed by atoms with E-state index in [1.54, 1.807) is 24.3 Å². The summed E-state index contributed by atoms with van der Waals surface area (Å²) in [6.45, 7) is 1.81. The lowest BCUT2D eigenvalue weighted by Gasteiger charge is -2.17. The molecule has 4 aromatic rings. The number of rotatable bonds is 7. The van der Waals surface area contributed by atoms with Gasteiger partial charge in [-0.25, -0.2) is 4.39 Å². The van der Waals surface area contributed by atoms with Gasteiger partial charge in [0, 0.05) is 11.4 Å². The standard InChI is InChI=1S/C24H19FN4OS/c1-17(30-22-14-8-7-13-21(22)25)23-27-28-24(29(23)20-11-3-2-4-12-20)31-16-19-10-6-5-9-18(19)15-26/h2-14,17H,16H2,1H3. The fourth-order valence-electron chi connectivity index (χ4n) is 3.14. The van der Waals surface area contributed by atoms with Crippen LogP contribution in [0.1, 0.15) is 30.0 Å². The third-order valence-corrected chi connectivity index (χ3v) is 5.65. The van der Waals surface area contributed by atoms with Gasteiger partial charge in [0.1, 0.15) is 0 Å². The normalized spacial score (nSPS) is 11.6. The van der Waals surface area contributed by atoms with E-state index in [1.807, 2.05) is 60.0 Å². The Balaban J connectivity index is 1.66. The Morgan fingerprint density at radius 2 is 1.71 bits per heavy atom. The van der Waals surface area contributed by atoms with Crippen LogP contribution in [0.25, 0.3) is 5.69 Å². The van der Waals surface area contributed by atoms with E-state index in [1.165, 1.54) is 17.8 Å². The van der Waals surface area contributed by atoms with Gasteiger partial charge in [0.25, 0.3) is 0 Å². The van der Waals surface area contributed by atoms with Crippen molar-refractivity contribution in [3.63, 3.8) is 0 Å². The van der Waals surface area contributed by atoms with Gasteiger partial charge < -0.3 is 4.74 Å². The van der Waals surface area contributed by atoms with Gasteiger partial charge in [0.2, 0.25) is 0 Å². The average molecular weight is 431 g/mol. The predicted octanol–water partition coefficient (Wildman–Crippen LogP) is 5.71. The number of hydrogen-bond donors (Lipinski definition) is 0. The van der Waals surface area contributed by atoms with Crippen molar-refractivity contribution in [2.45, 2.75) is 23.9 Å². The third-order valence-electron chi connectivity index (χ3n) is 4.67. The van der Waals surface area contributed by atoms with Crippen molar-refractivity contribution < 1.29 is 9.13 Å². The van der Waals surface area contributed by atoms with Gasteiger partial charge in [-0.05, 0) is 42.8 Å². The summed E-state index contributed by atoms with van der Waals surface area (Å²) in [5, 5.41) is 18.7. The molecule has 1 atom stereocenters. The quantitative estimate of drug-likeness (QED) is 0.351. The first-order chi connectivity index (χ1) is 15.2. The minimum Gasteiger partial charge on any atom is -0.480 e. The molecular weight excluding hydrogens is 411 g/mol. The minimum atomic E-state index is -0.537. The van der Waals surface area contributed by atoms with Crippen LogP contribution in [0.3, 0.4) is 0 Å². The molecule has 0 aliphatic heterocycles. The van der Waals surface area contributed by atoms with E-state index in [2.05, 4.69) is 16.3 Å². The fraction of sp³-hybridized carbons (Fsp3) is 0.125. The first-order valence-corrected chi connectivity index (χ1v) is 10.7. The second-order valence-electron chi connectivity index (χ2n) is 6.76. The molecular formula is C24H19FN4OS. The summed E-state index contributed by atoms with van der Waals surface area (Å²) in [4.78, 5) is 0. The molecule has 1 unspecified atom stereocenters. The molecule has 1 heterocycles. The van der Waals surface area contributed by atoms with Crippen LogP contribution in [-0.4, -0.2) is 14.8 Å². The summed E-state index contributed by atoms with van der Waals surface area (Å²) < 4.78 is 21.8. The van der Waals surface area contributed by atoms with Gasteiger partial charge in [0.15, 0.2) is 28.7 Å². The van der Waals surface area contributed by atoms with Gasteiger partial charge in [-0.15, -0.1) is 10.2 Å². The second kappa shape index (κ2) is 9.45. The van der Waals surface area contributed by atoms with E-state index in [-0.39, 0.29) is 5.75 Å². The Hall–Kier alpha value is -3.63. The number of para-hydroxylation sites is 2. The van der Waals surface area contributed by atoms with E-state index in [0.29, 0.717) is 22.3 Å². The van der Waals surface area contributed by atoms with E-state index in [0.717, 1.165) is 11.3 Å². The molecule has 0 aliphatic carbocycles. The Morgan fingerprint density at radius 1 is 1.00 bits per heavy atom. The van der Waals surface area contributed by atoms with Gasteiger partial charge in [-0.3, -0.25) is 4.57 Å². The molecule has 154 valence electrons. The Bertz CT molecular complexity index is 1220. The van der Waals surface area contributed by atoms with Crippen LogP contribution in [0.5, 0.6) is 5.75 Å². The maximum Gasteiger partial charge on any atom is 0.196 e. The monoisotopic (exact) mass is 430 g/mol. The summed E-state index contributed by atoms with van der Waals surface area (Å²) >= 11 is 1.48. The molecule has 31 heavy (non-hydrogen) atoms. The predicted molar refractivity (Wildman–Crippen MR) is 118 cm³/mol. The van der Waals surface area contributed by atoms with Crippen molar-refractivity contribution in [3.8, 4) is 17.5 Å². The van der Waals surface area contributed by atoms with Gasteiger partial charge in [-0.1, -0.05) is 60.3 Å². The highest BCUT2D eigenvalue weighted by Gasteiger charge is 2.22. The topological polar surface area (TPSA) is 63.7 Å². The molecule has 3 aromatic carbocycles. The average Bonchev–Trinajstić information content (AvgIpc) is 3.24. The lowest BCUT2D eigenvalue weighted by molar-refractivity contribution is 0.204. The van der Waals surface area contributed by atoms with Crippen molar-refractivity contribution in [2.75, 3.05) is 0 Å². The Morgan fingerprint density at radius 3 is 2.48 bits per heavy atom. The maximum atomic E-state index is 14.1. The first kappa shape index (κ1) is 20.6. The van der Waals surface area contributed by atoms with Crippen LogP contribution in [0.4, 0.5) is 4.39 Å².